The van der Waals surface area contributed by atoms with Crippen LogP contribution in [0, 0.1) is 11.7 Å². The van der Waals surface area contributed by atoms with Crippen molar-refractivity contribution >= 4 is 11.8 Å². The maximum atomic E-state index is 13.5. The van der Waals surface area contributed by atoms with Gasteiger partial charge in [0.25, 0.3) is 0 Å². The van der Waals surface area contributed by atoms with E-state index in [-0.39, 0.29) is 5.82 Å². The molecule has 1 aromatic carbocycles. The van der Waals surface area contributed by atoms with E-state index >= 15 is 0 Å². The molecule has 0 aliphatic heterocycles. The Balaban J connectivity index is 2.68. The van der Waals surface area contributed by atoms with Gasteiger partial charge in [0.15, 0.2) is 0 Å². The van der Waals surface area contributed by atoms with Gasteiger partial charge in [-0.2, -0.15) is 0 Å². The largest absolute Gasteiger partial charge is 0.313 e. The van der Waals surface area contributed by atoms with Crippen LogP contribution in [-0.4, -0.2) is 11.8 Å². The zero-order valence-corrected chi connectivity index (χ0v) is 12.6. The van der Waals surface area contributed by atoms with Crippen molar-refractivity contribution in [2.75, 3.05) is 6.54 Å². The zero-order chi connectivity index (χ0) is 13.5. The highest BCUT2D eigenvalue weighted by molar-refractivity contribution is 8.00. The molecule has 3 heteroatoms. The summed E-state index contributed by atoms with van der Waals surface area (Å²) in [5, 5.41) is 3.81. The van der Waals surface area contributed by atoms with Gasteiger partial charge in [-0.1, -0.05) is 27.7 Å². The summed E-state index contributed by atoms with van der Waals surface area (Å²) in [5.74, 6) is 0.462. The summed E-state index contributed by atoms with van der Waals surface area (Å²) in [5.41, 5.74) is 1.03. The molecule has 0 spiro atoms. The van der Waals surface area contributed by atoms with Gasteiger partial charge in [-0.3, -0.25) is 0 Å². The first-order valence-electron chi connectivity index (χ1n) is 6.69. The molecule has 1 nitrogen and oxygen atoms in total. The molecule has 102 valence electrons. The second kappa shape index (κ2) is 7.80. The molecule has 1 unspecified atom stereocenters. The summed E-state index contributed by atoms with van der Waals surface area (Å²) in [7, 11) is 0. The average Bonchev–Trinajstić information content (AvgIpc) is 2.28. The highest BCUT2D eigenvalue weighted by atomic mass is 32.2. The molecule has 0 radical (unpaired) electrons. The van der Waals surface area contributed by atoms with Crippen LogP contribution in [0.3, 0.4) is 0 Å². The quantitative estimate of drug-likeness (QED) is 0.579. The number of rotatable bonds is 7. The van der Waals surface area contributed by atoms with Crippen LogP contribution >= 0.6 is 11.8 Å². The van der Waals surface area contributed by atoms with E-state index in [0.717, 1.165) is 30.0 Å². The third-order valence-electron chi connectivity index (χ3n) is 2.95. The minimum Gasteiger partial charge on any atom is -0.313 e. The zero-order valence-electron chi connectivity index (χ0n) is 11.8. The first-order chi connectivity index (χ1) is 8.52. The first kappa shape index (κ1) is 15.5. The van der Waals surface area contributed by atoms with Gasteiger partial charge >= 0.3 is 0 Å². The molecule has 0 bridgehead atoms. The summed E-state index contributed by atoms with van der Waals surface area (Å²) in [6.45, 7) is 10.4. The lowest BCUT2D eigenvalue weighted by molar-refractivity contribution is 0.613. The topological polar surface area (TPSA) is 12.0 Å². The van der Waals surface area contributed by atoms with Gasteiger partial charge in [-0.15, -0.1) is 11.8 Å². The standard InChI is InChI=1S/C15H24FNS/c1-5-6-17-10-13-7-14(16)9-15(8-13)18-12(4)11(2)3/h7-9,11-12,17H,5-6,10H2,1-4H3. The smallest absolute Gasteiger partial charge is 0.124 e. The van der Waals surface area contributed by atoms with Crippen molar-refractivity contribution in [2.45, 2.75) is 50.8 Å². The van der Waals surface area contributed by atoms with Gasteiger partial charge in [-0.05, 0) is 42.6 Å². The molecule has 1 N–H and O–H groups in total. The van der Waals surface area contributed by atoms with Crippen molar-refractivity contribution in [3.8, 4) is 0 Å². The van der Waals surface area contributed by atoms with E-state index < -0.39 is 0 Å². The lowest BCUT2D eigenvalue weighted by Crippen LogP contribution is -2.14. The maximum absolute atomic E-state index is 13.5. The molecule has 1 aromatic rings. The first-order valence-corrected chi connectivity index (χ1v) is 7.57. The average molecular weight is 269 g/mol. The Hall–Kier alpha value is -0.540. The molecule has 0 aliphatic rings. The van der Waals surface area contributed by atoms with Gasteiger partial charge < -0.3 is 5.32 Å². The molecule has 1 rings (SSSR count). The Morgan fingerprint density at radius 2 is 1.94 bits per heavy atom. The van der Waals surface area contributed by atoms with E-state index in [4.69, 9.17) is 0 Å². The molecule has 0 aromatic heterocycles. The van der Waals surface area contributed by atoms with Crippen molar-refractivity contribution in [1.82, 2.24) is 5.32 Å². The van der Waals surface area contributed by atoms with E-state index in [2.05, 4.69) is 39.1 Å². The molecule has 0 saturated carbocycles. The van der Waals surface area contributed by atoms with Crippen molar-refractivity contribution in [1.29, 1.82) is 0 Å². The third kappa shape index (κ3) is 5.40. The van der Waals surface area contributed by atoms with Crippen LogP contribution in [0.5, 0.6) is 0 Å². The fourth-order valence-corrected chi connectivity index (χ4v) is 2.65. The highest BCUT2D eigenvalue weighted by Gasteiger charge is 2.10. The van der Waals surface area contributed by atoms with Crippen molar-refractivity contribution in [2.24, 2.45) is 5.92 Å². The van der Waals surface area contributed by atoms with Gasteiger partial charge in [0.2, 0.25) is 0 Å². The fraction of sp³-hybridized carbons (Fsp3) is 0.600. The van der Waals surface area contributed by atoms with Crippen LogP contribution in [0.2, 0.25) is 0 Å². The molecule has 0 amide bonds. The Labute approximate surface area is 115 Å². The van der Waals surface area contributed by atoms with Gasteiger partial charge in [0.05, 0.1) is 0 Å². The predicted molar refractivity (Wildman–Crippen MR) is 78.6 cm³/mol. The lowest BCUT2D eigenvalue weighted by atomic mass is 10.2. The molecular formula is C15H24FNS. The van der Waals surface area contributed by atoms with Crippen molar-refractivity contribution < 1.29 is 4.39 Å². The van der Waals surface area contributed by atoms with E-state index in [0.29, 0.717) is 11.2 Å². The third-order valence-corrected chi connectivity index (χ3v) is 4.37. The van der Waals surface area contributed by atoms with Gasteiger partial charge in [-0.25, -0.2) is 4.39 Å². The minimum atomic E-state index is -0.135. The molecule has 0 aliphatic carbocycles. The normalized spacial score (nSPS) is 13.0. The Morgan fingerprint density at radius 1 is 1.22 bits per heavy atom. The predicted octanol–water partition coefficient (Wildman–Crippen LogP) is 4.46. The van der Waals surface area contributed by atoms with Crippen molar-refractivity contribution in [3.63, 3.8) is 0 Å². The summed E-state index contributed by atoms with van der Waals surface area (Å²) in [4.78, 5) is 1.03. The van der Waals surface area contributed by atoms with E-state index in [1.165, 1.54) is 0 Å². The van der Waals surface area contributed by atoms with Crippen LogP contribution in [0.25, 0.3) is 0 Å². The number of hydrogen-bond acceptors (Lipinski definition) is 2. The number of halogens is 1. The van der Waals surface area contributed by atoms with Crippen LogP contribution in [0.4, 0.5) is 4.39 Å². The fourth-order valence-electron chi connectivity index (χ4n) is 1.55. The molecular weight excluding hydrogens is 245 g/mol. The van der Waals surface area contributed by atoms with Crippen LogP contribution in [-0.2, 0) is 6.54 Å². The lowest BCUT2D eigenvalue weighted by Gasteiger charge is -2.15. The van der Waals surface area contributed by atoms with Crippen LogP contribution < -0.4 is 5.32 Å². The maximum Gasteiger partial charge on any atom is 0.124 e. The second-order valence-corrected chi connectivity index (χ2v) is 6.49. The summed E-state index contributed by atoms with van der Waals surface area (Å²) >= 11 is 1.75. The van der Waals surface area contributed by atoms with E-state index in [1.54, 1.807) is 23.9 Å². The number of benzene rings is 1. The monoisotopic (exact) mass is 269 g/mol. The summed E-state index contributed by atoms with van der Waals surface area (Å²) in [6.07, 6.45) is 1.10. The molecule has 0 saturated heterocycles. The second-order valence-electron chi connectivity index (χ2n) is 5.04. The Bertz CT molecular complexity index is 366. The number of nitrogens with one attached hydrogen (secondary N) is 1. The van der Waals surface area contributed by atoms with E-state index in [9.17, 15) is 4.39 Å². The van der Waals surface area contributed by atoms with Gasteiger partial charge in [0, 0.05) is 16.7 Å². The molecule has 0 fully saturated rings. The Morgan fingerprint density at radius 3 is 2.56 bits per heavy atom. The van der Waals surface area contributed by atoms with Crippen molar-refractivity contribution in [3.05, 3.63) is 29.6 Å². The van der Waals surface area contributed by atoms with E-state index in [1.807, 2.05) is 0 Å². The molecule has 18 heavy (non-hydrogen) atoms. The summed E-state index contributed by atoms with van der Waals surface area (Å²) in [6, 6.07) is 5.34. The number of thioether (sulfide) groups is 1. The van der Waals surface area contributed by atoms with Crippen LogP contribution in [0.1, 0.15) is 39.7 Å². The minimum absolute atomic E-state index is 0.135. The SMILES string of the molecule is CCCNCc1cc(F)cc(SC(C)C(C)C)c1. The molecule has 1 atom stereocenters. The highest BCUT2D eigenvalue weighted by Crippen LogP contribution is 2.29. The Kier molecular flexibility index (Phi) is 6.72. The van der Waals surface area contributed by atoms with Crippen LogP contribution in [0.15, 0.2) is 23.1 Å². The summed E-state index contributed by atoms with van der Waals surface area (Å²) < 4.78 is 13.5. The molecule has 0 heterocycles. The van der Waals surface area contributed by atoms with Gasteiger partial charge in [0.1, 0.15) is 5.82 Å². The number of hydrogen-bond donors (Lipinski definition) is 1.